The first-order valence-electron chi connectivity index (χ1n) is 25.2. The van der Waals surface area contributed by atoms with Crippen molar-refractivity contribution in [2.45, 2.75) is 89.5 Å². The predicted octanol–water partition coefficient (Wildman–Crippen LogP) is 8.51. The summed E-state index contributed by atoms with van der Waals surface area (Å²) in [6.07, 6.45) is -0.798. The lowest BCUT2D eigenvalue weighted by Crippen LogP contribution is -2.58. The number of nitrogens with zero attached hydrogens (tertiary/aromatic N) is 10. The van der Waals surface area contributed by atoms with Gasteiger partial charge in [-0.25, -0.2) is 24.4 Å². The fourth-order valence-electron chi connectivity index (χ4n) is 11.4. The normalized spacial score (nSPS) is 20.1. The second-order valence-corrected chi connectivity index (χ2v) is 20.7. The number of carbonyl (C=O) groups is 1. The molecule has 2 aromatic heterocycles. The number of anilines is 2. The van der Waals surface area contributed by atoms with E-state index in [4.69, 9.17) is 21.6 Å². The molecule has 5 heterocycles. The van der Waals surface area contributed by atoms with Gasteiger partial charge in [0.15, 0.2) is 5.82 Å². The Balaban J connectivity index is 0.790. The third-order valence-electron chi connectivity index (χ3n) is 15.3. The molecule has 0 unspecified atom stereocenters. The molecule has 3 fully saturated rings. The monoisotopic (exact) mass is 1020 g/mol. The third-order valence-corrected chi connectivity index (χ3v) is 15.6. The zero-order valence-corrected chi connectivity index (χ0v) is 41.7. The Bertz CT molecular complexity index is 3100. The van der Waals surface area contributed by atoms with Gasteiger partial charge in [-0.05, 0) is 90.8 Å². The minimum Gasteiger partial charge on any atom is -0.508 e. The minimum absolute atomic E-state index is 0.0123. The van der Waals surface area contributed by atoms with Crippen molar-refractivity contribution < 1.29 is 28.2 Å². The highest BCUT2D eigenvalue weighted by atomic mass is 35.5. The van der Waals surface area contributed by atoms with Crippen LogP contribution in [-0.4, -0.2) is 127 Å². The van der Waals surface area contributed by atoms with Crippen LogP contribution in [0, 0.1) is 17.2 Å². The van der Waals surface area contributed by atoms with Crippen LogP contribution in [-0.2, 0) is 24.3 Å². The summed E-state index contributed by atoms with van der Waals surface area (Å²) in [4.78, 5) is 46.1. The van der Waals surface area contributed by atoms with Gasteiger partial charge in [0.05, 0.1) is 47.0 Å². The summed E-state index contributed by atoms with van der Waals surface area (Å²) in [6, 6.07) is 23.8. The van der Waals surface area contributed by atoms with Crippen LogP contribution in [0.1, 0.15) is 86.0 Å². The Kier molecular flexibility index (Phi) is 14.1. The highest BCUT2D eigenvalue weighted by Crippen LogP contribution is 2.41. The highest BCUT2D eigenvalue weighted by Gasteiger charge is 2.46. The van der Waals surface area contributed by atoms with Crippen LogP contribution in [0.15, 0.2) is 77.6 Å². The lowest BCUT2D eigenvalue weighted by Gasteiger charge is -2.43. The van der Waals surface area contributed by atoms with Gasteiger partial charge in [0.1, 0.15) is 23.1 Å². The van der Waals surface area contributed by atoms with Crippen molar-refractivity contribution in [3.63, 3.8) is 0 Å². The van der Waals surface area contributed by atoms with Gasteiger partial charge >= 0.3 is 17.8 Å². The molecule has 73 heavy (non-hydrogen) atoms. The predicted molar refractivity (Wildman–Crippen MR) is 273 cm³/mol. The smallest absolute Gasteiger partial charge is 0.471 e. The van der Waals surface area contributed by atoms with Crippen molar-refractivity contribution in [2.75, 3.05) is 68.7 Å². The molecule has 3 N–H and O–H groups in total. The molecule has 0 bridgehead atoms. The number of H-pyrrole nitrogens is 1. The van der Waals surface area contributed by atoms with E-state index >= 15 is 0 Å². The third kappa shape index (κ3) is 10.3. The van der Waals surface area contributed by atoms with E-state index in [9.17, 15) is 38.2 Å². The molecular formula is C54H59ClF3N11O4. The summed E-state index contributed by atoms with van der Waals surface area (Å²) >= 11 is 6.79. The van der Waals surface area contributed by atoms with E-state index in [0.29, 0.717) is 53.1 Å². The Morgan fingerprint density at radius 2 is 1.62 bits per heavy atom. The van der Waals surface area contributed by atoms with Gasteiger partial charge in [0, 0.05) is 94.1 Å². The number of hydrogen-bond acceptors (Lipinski definition) is 12. The number of benzene rings is 4. The Hall–Kier alpha value is -6.68. The summed E-state index contributed by atoms with van der Waals surface area (Å²) in [5.41, 5.74) is 5.11. The molecule has 1 amide bonds. The van der Waals surface area contributed by atoms with E-state index in [2.05, 4.69) is 31.0 Å². The number of carbonyl (C=O) groups excluding carboxylic acids is 1. The molecule has 0 spiro atoms. The van der Waals surface area contributed by atoms with Gasteiger partial charge < -0.3 is 29.8 Å². The van der Waals surface area contributed by atoms with Crippen LogP contribution in [0.2, 0.25) is 5.02 Å². The zero-order valence-electron chi connectivity index (χ0n) is 41.0. The average Bonchev–Trinajstić information content (AvgIpc) is 3.76. The number of fused-ring (bicyclic) bond motifs is 2. The van der Waals surface area contributed by atoms with E-state index in [-0.39, 0.29) is 55.2 Å². The number of aromatic amines is 1. The van der Waals surface area contributed by atoms with E-state index in [1.54, 1.807) is 6.07 Å². The van der Waals surface area contributed by atoms with Gasteiger partial charge in [-0.2, -0.15) is 23.5 Å². The lowest BCUT2D eigenvalue weighted by molar-refractivity contribution is -0.188. The number of rotatable bonds is 11. The van der Waals surface area contributed by atoms with Crippen LogP contribution in [0.25, 0.3) is 27.8 Å². The molecule has 1 atom stereocenters. The largest absolute Gasteiger partial charge is 0.508 e. The molecular weight excluding hydrogens is 959 g/mol. The van der Waals surface area contributed by atoms with Crippen LogP contribution >= 0.6 is 11.6 Å². The van der Waals surface area contributed by atoms with Gasteiger partial charge in [-0.15, -0.1) is 0 Å². The summed E-state index contributed by atoms with van der Waals surface area (Å²) in [5, 5.41) is 40.2. The van der Waals surface area contributed by atoms with E-state index in [1.807, 2.05) is 79.4 Å². The summed E-state index contributed by atoms with van der Waals surface area (Å²) in [6.45, 7) is 10.6. The molecule has 6 aromatic rings. The number of amides is 1. The fraction of sp³-hybridized carbons (Fsp3) is 0.444. The summed E-state index contributed by atoms with van der Waals surface area (Å²) in [5.74, 6) is 0.194. The minimum atomic E-state index is -5.03. The van der Waals surface area contributed by atoms with E-state index < -0.39 is 23.8 Å². The number of hydrogen-bond donors (Lipinski definition) is 3. The topological polar surface area (TPSA) is 174 Å². The fourth-order valence-corrected chi connectivity index (χ4v) is 11.7. The Morgan fingerprint density at radius 1 is 0.890 bits per heavy atom. The first-order valence-corrected chi connectivity index (χ1v) is 25.6. The molecule has 4 aliphatic rings. The van der Waals surface area contributed by atoms with Crippen LogP contribution < -0.4 is 15.5 Å². The second-order valence-electron chi connectivity index (χ2n) is 20.3. The van der Waals surface area contributed by atoms with Gasteiger partial charge in [0.25, 0.3) is 0 Å². The molecule has 19 heteroatoms. The average molecular weight is 1020 g/mol. The van der Waals surface area contributed by atoms with E-state index in [1.165, 1.54) is 10.6 Å². The number of phenols is 2. The standard InChI is InChI=1S/C54H59ClF3N11O4/c1-33(2)41-27-42(47(71)28-46(41)70)51-62-63-53(73)69(51)38-15-11-35(12-16-38)30-65-23-21-64(22-24-65)29-34-9-13-37(14-10-34)49-60-44-32-66(45-8-4-6-36-5-3-7-43(55)48(36)45)20-18-40(44)50(61-49)67-25-26-68(39(31-67)17-19-59)52(72)54(56,57)58/h3-8,11-12,15-16,27-28,33-34,37,39,70-71H,9-10,13-14,17-18,20-26,29-32H2,1-2H3,(H,63,73)/t34?,37?,39-/m0/s1. The van der Waals surface area contributed by atoms with Crippen molar-refractivity contribution >= 4 is 39.8 Å². The molecule has 3 aliphatic heterocycles. The van der Waals surface area contributed by atoms with Crippen LogP contribution in [0.5, 0.6) is 11.5 Å². The van der Waals surface area contributed by atoms with Gasteiger partial charge in [-0.1, -0.05) is 61.8 Å². The SMILES string of the molecule is CC(C)c1cc(-c2n[nH]c(=O)n2-c2ccc(CN3CCN(CC4CCC(c5nc6c(c(N7CCN(C(=O)C(F)(F)F)[C@@H](CC#N)C7)n5)CCN(c5cccc7cccc(Cl)c57)C6)CC4)CC3)cc2)c(O)cc1O. The molecule has 2 saturated heterocycles. The number of nitriles is 1. The second kappa shape index (κ2) is 20.7. The molecule has 1 aliphatic carbocycles. The van der Waals surface area contributed by atoms with Crippen molar-refractivity contribution in [3.05, 3.63) is 117 Å². The quantitative estimate of drug-likeness (QED) is 0.113. The van der Waals surface area contributed by atoms with Crippen molar-refractivity contribution in [1.29, 1.82) is 5.26 Å². The number of nitrogens with one attached hydrogen (secondary N) is 1. The number of halogens is 4. The maximum absolute atomic E-state index is 13.7. The van der Waals surface area contributed by atoms with E-state index in [0.717, 1.165) is 109 Å². The van der Waals surface area contributed by atoms with Crippen molar-refractivity contribution in [2.24, 2.45) is 5.92 Å². The molecule has 4 aromatic carbocycles. The maximum atomic E-state index is 13.7. The molecule has 382 valence electrons. The summed E-state index contributed by atoms with van der Waals surface area (Å²) in [7, 11) is 0. The molecule has 10 rings (SSSR count). The van der Waals surface area contributed by atoms with Crippen molar-refractivity contribution in [3.8, 4) is 34.6 Å². The molecule has 0 radical (unpaired) electrons. The summed E-state index contributed by atoms with van der Waals surface area (Å²) < 4.78 is 42.5. The molecule has 15 nitrogen and oxygen atoms in total. The zero-order chi connectivity index (χ0) is 51.1. The Labute approximate surface area is 426 Å². The number of aromatic hydroxyl groups is 2. The number of alkyl halides is 3. The van der Waals surface area contributed by atoms with Crippen LogP contribution in [0.4, 0.5) is 24.7 Å². The number of piperazine rings is 2. The Morgan fingerprint density at radius 3 is 2.33 bits per heavy atom. The maximum Gasteiger partial charge on any atom is 0.471 e. The number of aromatic nitrogens is 5. The first kappa shape index (κ1) is 49.9. The molecule has 1 saturated carbocycles. The first-order chi connectivity index (χ1) is 35.1. The van der Waals surface area contributed by atoms with Crippen molar-refractivity contribution in [1.82, 2.24) is 39.4 Å². The lowest BCUT2D eigenvalue weighted by atomic mass is 9.81. The van der Waals surface area contributed by atoms with Crippen LogP contribution in [0.3, 0.4) is 0 Å². The van der Waals surface area contributed by atoms with Gasteiger partial charge in [0.2, 0.25) is 0 Å². The highest BCUT2D eigenvalue weighted by molar-refractivity contribution is 6.36. The number of phenolic OH excluding ortho intramolecular Hbond substituents is 2. The van der Waals surface area contributed by atoms with Gasteiger partial charge in [-0.3, -0.25) is 9.69 Å².